The van der Waals surface area contributed by atoms with E-state index in [0.717, 1.165) is 16.7 Å². The first-order chi connectivity index (χ1) is 12.0. The van der Waals surface area contributed by atoms with Gasteiger partial charge in [-0.2, -0.15) is 0 Å². The molecule has 0 N–H and O–H groups in total. The normalized spacial score (nSPS) is 16.0. The summed E-state index contributed by atoms with van der Waals surface area (Å²) in [5.74, 6) is 1.63. The average Bonchev–Trinajstić information content (AvgIpc) is 2.61. The lowest BCUT2D eigenvalue weighted by Gasteiger charge is -2.26. The van der Waals surface area contributed by atoms with Gasteiger partial charge in [0.25, 0.3) is 0 Å². The van der Waals surface area contributed by atoms with Gasteiger partial charge < -0.3 is 18.9 Å². The first-order valence-corrected chi connectivity index (χ1v) is 8.16. The third kappa shape index (κ3) is 3.12. The highest BCUT2D eigenvalue weighted by atomic mass is 35.5. The Hall–Kier alpha value is -2.40. The van der Waals surface area contributed by atoms with Crippen molar-refractivity contribution in [2.75, 3.05) is 21.3 Å². The van der Waals surface area contributed by atoms with Crippen LogP contribution in [0.15, 0.2) is 24.3 Å². The van der Waals surface area contributed by atoms with Crippen molar-refractivity contribution in [3.8, 4) is 23.0 Å². The van der Waals surface area contributed by atoms with E-state index in [1.54, 1.807) is 27.4 Å². The first kappa shape index (κ1) is 17.4. The van der Waals surface area contributed by atoms with E-state index in [2.05, 4.69) is 0 Å². The van der Waals surface area contributed by atoms with Crippen LogP contribution >= 0.6 is 11.6 Å². The fraction of sp³-hybridized carbons (Fsp3) is 0.316. The number of fused-ring (bicyclic) bond motifs is 1. The van der Waals surface area contributed by atoms with Crippen LogP contribution in [-0.2, 0) is 4.79 Å². The summed E-state index contributed by atoms with van der Waals surface area (Å²) in [5.41, 5.74) is 2.59. The Morgan fingerprint density at radius 1 is 1.04 bits per heavy atom. The smallest absolute Gasteiger partial charge is 0.312 e. The van der Waals surface area contributed by atoms with E-state index in [0.29, 0.717) is 28.0 Å². The zero-order chi connectivity index (χ0) is 18.1. The summed E-state index contributed by atoms with van der Waals surface area (Å²) in [5, 5.41) is 0.633. The van der Waals surface area contributed by atoms with Crippen molar-refractivity contribution in [3.05, 3.63) is 46.0 Å². The van der Waals surface area contributed by atoms with Crippen molar-refractivity contribution in [2.24, 2.45) is 0 Å². The summed E-state index contributed by atoms with van der Waals surface area (Å²) in [4.78, 5) is 12.1. The summed E-state index contributed by atoms with van der Waals surface area (Å²) < 4.78 is 21.6. The minimum Gasteiger partial charge on any atom is -0.493 e. The Balaban J connectivity index is 2.17. The Morgan fingerprint density at radius 2 is 1.68 bits per heavy atom. The number of halogens is 1. The van der Waals surface area contributed by atoms with Crippen LogP contribution in [0.5, 0.6) is 23.0 Å². The number of hydrogen-bond acceptors (Lipinski definition) is 5. The van der Waals surface area contributed by atoms with Gasteiger partial charge in [-0.3, -0.25) is 4.79 Å². The van der Waals surface area contributed by atoms with Gasteiger partial charge in [-0.1, -0.05) is 11.6 Å². The number of aryl methyl sites for hydroxylation is 1. The Bertz CT molecular complexity index is 806. The van der Waals surface area contributed by atoms with E-state index in [1.165, 1.54) is 0 Å². The van der Waals surface area contributed by atoms with Crippen molar-refractivity contribution in [2.45, 2.75) is 19.3 Å². The molecule has 0 radical (unpaired) electrons. The molecule has 1 heterocycles. The molecule has 0 saturated carbocycles. The number of esters is 1. The molecule has 2 aromatic carbocycles. The van der Waals surface area contributed by atoms with E-state index in [1.807, 2.05) is 25.1 Å². The fourth-order valence-corrected chi connectivity index (χ4v) is 3.24. The second-order valence-corrected chi connectivity index (χ2v) is 6.24. The van der Waals surface area contributed by atoms with E-state index >= 15 is 0 Å². The summed E-state index contributed by atoms with van der Waals surface area (Å²) in [6.45, 7) is 1.87. The van der Waals surface area contributed by atoms with Gasteiger partial charge in [0.1, 0.15) is 5.75 Å². The number of carbonyl (C=O) groups is 1. The van der Waals surface area contributed by atoms with Crippen LogP contribution in [0.3, 0.4) is 0 Å². The van der Waals surface area contributed by atoms with E-state index in [9.17, 15) is 4.79 Å². The predicted molar refractivity (Wildman–Crippen MR) is 94.4 cm³/mol. The molecule has 6 heteroatoms. The van der Waals surface area contributed by atoms with Crippen LogP contribution in [0.1, 0.15) is 29.0 Å². The summed E-state index contributed by atoms with van der Waals surface area (Å²) in [7, 11) is 4.67. The fourth-order valence-electron chi connectivity index (χ4n) is 3.07. The number of carbonyl (C=O) groups excluding carboxylic acids is 1. The molecule has 0 aromatic heterocycles. The molecule has 0 amide bonds. The van der Waals surface area contributed by atoms with Crippen LogP contribution < -0.4 is 18.9 Å². The lowest BCUT2D eigenvalue weighted by Crippen LogP contribution is -2.21. The molecule has 5 nitrogen and oxygen atoms in total. The number of hydrogen-bond donors (Lipinski definition) is 0. The Kier molecular flexibility index (Phi) is 4.77. The third-order valence-corrected chi connectivity index (χ3v) is 4.76. The van der Waals surface area contributed by atoms with Gasteiger partial charge in [0.15, 0.2) is 11.5 Å². The predicted octanol–water partition coefficient (Wildman–Crippen LogP) is 4.12. The molecule has 0 saturated heterocycles. The van der Waals surface area contributed by atoms with Crippen LogP contribution in [0, 0.1) is 6.92 Å². The Morgan fingerprint density at radius 3 is 2.24 bits per heavy atom. The number of rotatable bonds is 4. The maximum atomic E-state index is 12.1. The van der Waals surface area contributed by atoms with Crippen LogP contribution in [0.4, 0.5) is 0 Å². The van der Waals surface area contributed by atoms with Gasteiger partial charge >= 0.3 is 5.97 Å². The number of benzene rings is 2. The molecule has 1 atom stereocenters. The van der Waals surface area contributed by atoms with Gasteiger partial charge in [-0.25, -0.2) is 0 Å². The number of ether oxygens (including phenoxy) is 4. The van der Waals surface area contributed by atoms with E-state index < -0.39 is 0 Å². The third-order valence-electron chi connectivity index (χ3n) is 4.35. The maximum absolute atomic E-state index is 12.1. The molecule has 0 spiro atoms. The van der Waals surface area contributed by atoms with Gasteiger partial charge in [-0.15, -0.1) is 0 Å². The molecule has 132 valence electrons. The summed E-state index contributed by atoms with van der Waals surface area (Å²) in [6.07, 6.45) is 0.213. The molecule has 0 unspecified atom stereocenters. The quantitative estimate of drug-likeness (QED) is 0.605. The van der Waals surface area contributed by atoms with E-state index in [-0.39, 0.29) is 18.3 Å². The van der Waals surface area contributed by atoms with Crippen LogP contribution in [0.2, 0.25) is 5.02 Å². The summed E-state index contributed by atoms with van der Waals surface area (Å²) >= 11 is 6.29. The first-order valence-electron chi connectivity index (χ1n) is 7.79. The molecule has 3 rings (SSSR count). The number of methoxy groups -OCH3 is 3. The zero-order valence-corrected chi connectivity index (χ0v) is 15.3. The van der Waals surface area contributed by atoms with Crippen molar-refractivity contribution in [3.63, 3.8) is 0 Å². The minimum absolute atomic E-state index is 0.206. The molecule has 1 aliphatic rings. The largest absolute Gasteiger partial charge is 0.493 e. The monoisotopic (exact) mass is 362 g/mol. The molecule has 1 aliphatic heterocycles. The van der Waals surface area contributed by atoms with Crippen molar-refractivity contribution in [1.82, 2.24) is 0 Å². The average molecular weight is 363 g/mol. The summed E-state index contributed by atoms with van der Waals surface area (Å²) in [6, 6.07) is 7.34. The van der Waals surface area contributed by atoms with Crippen molar-refractivity contribution >= 4 is 17.6 Å². The highest BCUT2D eigenvalue weighted by molar-refractivity contribution is 6.31. The van der Waals surface area contributed by atoms with Crippen LogP contribution in [0.25, 0.3) is 0 Å². The van der Waals surface area contributed by atoms with E-state index in [4.69, 9.17) is 30.5 Å². The lowest BCUT2D eigenvalue weighted by molar-refractivity contribution is -0.135. The van der Waals surface area contributed by atoms with Crippen molar-refractivity contribution in [1.29, 1.82) is 0 Å². The standard InChI is InChI=1S/C19H19ClO5/c1-10-5-15-13(8-14(10)20)12(9-18(21)25-15)11-6-16(22-2)19(24-4)17(7-11)23-3/h5-8,12H,9H2,1-4H3/t12-/m1/s1. The molecule has 0 bridgehead atoms. The van der Waals surface area contributed by atoms with Gasteiger partial charge in [0.2, 0.25) is 5.75 Å². The molecule has 0 aliphatic carbocycles. The second kappa shape index (κ2) is 6.84. The highest BCUT2D eigenvalue weighted by Crippen LogP contribution is 2.46. The second-order valence-electron chi connectivity index (χ2n) is 5.83. The molecular formula is C19H19ClO5. The van der Waals surface area contributed by atoms with Gasteiger partial charge in [0.05, 0.1) is 27.8 Å². The SMILES string of the molecule is COc1cc([C@H]2CC(=O)Oc3cc(C)c(Cl)cc32)cc(OC)c1OC. The maximum Gasteiger partial charge on any atom is 0.312 e. The topological polar surface area (TPSA) is 54.0 Å². The zero-order valence-electron chi connectivity index (χ0n) is 14.5. The lowest BCUT2D eigenvalue weighted by atomic mass is 9.85. The van der Waals surface area contributed by atoms with Gasteiger partial charge in [-0.05, 0) is 42.3 Å². The molecular weight excluding hydrogens is 344 g/mol. The molecule has 0 fully saturated rings. The van der Waals surface area contributed by atoms with Crippen LogP contribution in [-0.4, -0.2) is 27.3 Å². The highest BCUT2D eigenvalue weighted by Gasteiger charge is 2.30. The molecule has 2 aromatic rings. The van der Waals surface area contributed by atoms with Crippen molar-refractivity contribution < 1.29 is 23.7 Å². The Labute approximate surface area is 151 Å². The minimum atomic E-state index is -0.284. The molecule has 25 heavy (non-hydrogen) atoms. The van der Waals surface area contributed by atoms with Gasteiger partial charge in [0, 0.05) is 16.5 Å².